The lowest BCUT2D eigenvalue weighted by molar-refractivity contribution is 0.137. The second-order valence-corrected chi connectivity index (χ2v) is 4.06. The summed E-state index contributed by atoms with van der Waals surface area (Å²) >= 11 is 0. The summed E-state index contributed by atoms with van der Waals surface area (Å²) in [5.41, 5.74) is 2.24. The molecule has 0 radical (unpaired) electrons. The number of rotatable bonds is 2. The number of aliphatic hydroxyl groups is 1. The van der Waals surface area contributed by atoms with Crippen LogP contribution in [0.15, 0.2) is 24.3 Å². The first kappa shape index (κ1) is 12.5. The zero-order valence-electron chi connectivity index (χ0n) is 8.94. The monoisotopic (exact) mass is 227 g/mol. The van der Waals surface area contributed by atoms with Crippen molar-refractivity contribution in [2.45, 2.75) is 31.9 Å². The molecule has 84 valence electrons. The molecule has 0 saturated carbocycles. The highest BCUT2D eigenvalue weighted by molar-refractivity contribution is 5.85. The fourth-order valence-electron chi connectivity index (χ4n) is 2.07. The number of nitrogens with one attached hydrogen (secondary N) is 1. The molecule has 2 rings (SSSR count). The molecule has 1 aromatic rings. The topological polar surface area (TPSA) is 32.3 Å². The van der Waals surface area contributed by atoms with Crippen molar-refractivity contribution < 1.29 is 5.11 Å². The summed E-state index contributed by atoms with van der Waals surface area (Å²) in [5, 5.41) is 13.4. The van der Waals surface area contributed by atoms with Crippen molar-refractivity contribution in [2.75, 3.05) is 6.54 Å². The highest BCUT2D eigenvalue weighted by Gasteiger charge is 2.23. The molecule has 0 aromatic heterocycles. The van der Waals surface area contributed by atoms with Crippen LogP contribution >= 0.6 is 12.4 Å². The van der Waals surface area contributed by atoms with Gasteiger partial charge >= 0.3 is 0 Å². The average molecular weight is 228 g/mol. The largest absolute Gasteiger partial charge is 0.387 e. The summed E-state index contributed by atoms with van der Waals surface area (Å²) in [4.78, 5) is 0. The van der Waals surface area contributed by atoms with Crippen molar-refractivity contribution in [2.24, 2.45) is 0 Å². The third kappa shape index (κ3) is 2.94. The van der Waals surface area contributed by atoms with Gasteiger partial charge in [0.1, 0.15) is 0 Å². The second kappa shape index (κ2) is 5.50. The van der Waals surface area contributed by atoms with Crippen LogP contribution in [0.25, 0.3) is 0 Å². The Morgan fingerprint density at radius 3 is 2.87 bits per heavy atom. The SMILES string of the molecule is Cc1cccc([C@H](O)[C@H]2CCCN2)c1.Cl. The van der Waals surface area contributed by atoms with Crippen LogP contribution < -0.4 is 5.32 Å². The first-order valence-electron chi connectivity index (χ1n) is 5.25. The van der Waals surface area contributed by atoms with Crippen molar-refractivity contribution in [1.82, 2.24) is 5.32 Å². The van der Waals surface area contributed by atoms with Gasteiger partial charge in [0.25, 0.3) is 0 Å². The van der Waals surface area contributed by atoms with E-state index in [1.807, 2.05) is 12.1 Å². The van der Waals surface area contributed by atoms with Crippen molar-refractivity contribution in [3.8, 4) is 0 Å². The van der Waals surface area contributed by atoms with Crippen LogP contribution in [0.1, 0.15) is 30.1 Å². The van der Waals surface area contributed by atoms with Gasteiger partial charge in [0.05, 0.1) is 6.10 Å². The Kier molecular flexibility index (Phi) is 4.58. The van der Waals surface area contributed by atoms with Crippen molar-refractivity contribution in [1.29, 1.82) is 0 Å². The van der Waals surface area contributed by atoms with Crippen LogP contribution in [0.4, 0.5) is 0 Å². The number of aryl methyl sites for hydroxylation is 1. The normalized spacial score (nSPS) is 22.1. The predicted octanol–water partition coefficient (Wildman–Crippen LogP) is 2.20. The molecule has 15 heavy (non-hydrogen) atoms. The number of benzene rings is 1. The first-order valence-corrected chi connectivity index (χ1v) is 5.25. The summed E-state index contributed by atoms with van der Waals surface area (Å²) < 4.78 is 0. The molecule has 1 aromatic carbocycles. The maximum atomic E-state index is 10.1. The Bertz CT molecular complexity index is 310. The van der Waals surface area contributed by atoms with E-state index in [2.05, 4.69) is 24.4 Å². The Morgan fingerprint density at radius 2 is 2.27 bits per heavy atom. The van der Waals surface area contributed by atoms with Gasteiger partial charge in [-0.25, -0.2) is 0 Å². The molecule has 1 fully saturated rings. The Hall–Kier alpha value is -0.570. The van der Waals surface area contributed by atoms with E-state index in [1.54, 1.807) is 0 Å². The van der Waals surface area contributed by atoms with Crippen molar-refractivity contribution in [3.05, 3.63) is 35.4 Å². The maximum absolute atomic E-state index is 10.1. The zero-order chi connectivity index (χ0) is 9.97. The fraction of sp³-hybridized carbons (Fsp3) is 0.500. The molecule has 0 spiro atoms. The average Bonchev–Trinajstić information content (AvgIpc) is 2.69. The summed E-state index contributed by atoms with van der Waals surface area (Å²) in [6, 6.07) is 8.36. The van der Waals surface area contributed by atoms with Crippen LogP contribution in [0.2, 0.25) is 0 Å². The highest BCUT2D eigenvalue weighted by Crippen LogP contribution is 2.23. The molecule has 0 bridgehead atoms. The van der Waals surface area contributed by atoms with Gasteiger partial charge in [-0.1, -0.05) is 29.8 Å². The lowest BCUT2D eigenvalue weighted by Gasteiger charge is -2.18. The van der Waals surface area contributed by atoms with E-state index in [0.29, 0.717) is 0 Å². The van der Waals surface area contributed by atoms with Crippen LogP contribution in [-0.2, 0) is 0 Å². The molecule has 1 aliphatic rings. The fourth-order valence-corrected chi connectivity index (χ4v) is 2.07. The van der Waals surface area contributed by atoms with Gasteiger partial charge in [-0.3, -0.25) is 0 Å². The Labute approximate surface area is 97.1 Å². The Morgan fingerprint density at radius 1 is 1.47 bits per heavy atom. The number of hydrogen-bond donors (Lipinski definition) is 2. The maximum Gasteiger partial charge on any atom is 0.0943 e. The van der Waals surface area contributed by atoms with E-state index in [4.69, 9.17) is 0 Å². The summed E-state index contributed by atoms with van der Waals surface area (Å²) in [6.07, 6.45) is 1.90. The molecule has 1 heterocycles. The number of aliphatic hydroxyl groups excluding tert-OH is 1. The van der Waals surface area contributed by atoms with Crippen LogP contribution in [0.5, 0.6) is 0 Å². The molecular weight excluding hydrogens is 210 g/mol. The summed E-state index contributed by atoms with van der Waals surface area (Å²) in [5.74, 6) is 0. The molecule has 0 aliphatic carbocycles. The molecule has 2 nitrogen and oxygen atoms in total. The van der Waals surface area contributed by atoms with E-state index in [9.17, 15) is 5.11 Å². The second-order valence-electron chi connectivity index (χ2n) is 4.06. The van der Waals surface area contributed by atoms with Crippen LogP contribution in [0.3, 0.4) is 0 Å². The lowest BCUT2D eigenvalue weighted by Crippen LogP contribution is -2.28. The van der Waals surface area contributed by atoms with E-state index >= 15 is 0 Å². The van der Waals surface area contributed by atoms with Gasteiger partial charge in [0.2, 0.25) is 0 Å². The van der Waals surface area contributed by atoms with Crippen LogP contribution in [-0.4, -0.2) is 17.7 Å². The van der Waals surface area contributed by atoms with Gasteiger partial charge in [-0.2, -0.15) is 0 Å². The zero-order valence-corrected chi connectivity index (χ0v) is 9.76. The minimum atomic E-state index is -0.350. The number of halogens is 1. The predicted molar refractivity (Wildman–Crippen MR) is 64.4 cm³/mol. The van der Waals surface area contributed by atoms with E-state index < -0.39 is 0 Å². The Balaban J connectivity index is 0.00000112. The van der Waals surface area contributed by atoms with E-state index in [-0.39, 0.29) is 24.6 Å². The molecular formula is C12H18ClNO. The van der Waals surface area contributed by atoms with Gasteiger partial charge < -0.3 is 10.4 Å². The minimum Gasteiger partial charge on any atom is -0.387 e. The highest BCUT2D eigenvalue weighted by atomic mass is 35.5. The first-order chi connectivity index (χ1) is 6.77. The molecule has 2 N–H and O–H groups in total. The standard InChI is InChI=1S/C12H17NO.ClH/c1-9-4-2-5-10(8-9)12(14)11-6-3-7-13-11;/h2,4-5,8,11-14H,3,6-7H2,1H3;1H/t11-,12+;/m1./s1. The molecule has 0 amide bonds. The quantitative estimate of drug-likeness (QED) is 0.812. The van der Waals surface area contributed by atoms with Crippen LogP contribution in [0, 0.1) is 6.92 Å². The van der Waals surface area contributed by atoms with E-state index in [0.717, 1.165) is 18.5 Å². The van der Waals surface area contributed by atoms with Gasteiger partial charge in [-0.05, 0) is 31.9 Å². The van der Waals surface area contributed by atoms with Crippen molar-refractivity contribution in [3.63, 3.8) is 0 Å². The lowest BCUT2D eigenvalue weighted by atomic mass is 10.00. The van der Waals surface area contributed by atoms with Gasteiger partial charge in [0, 0.05) is 6.04 Å². The summed E-state index contributed by atoms with van der Waals surface area (Å²) in [7, 11) is 0. The molecule has 1 aliphatic heterocycles. The van der Waals surface area contributed by atoms with E-state index in [1.165, 1.54) is 12.0 Å². The van der Waals surface area contributed by atoms with Crippen molar-refractivity contribution >= 4 is 12.4 Å². The molecule has 3 heteroatoms. The minimum absolute atomic E-state index is 0. The smallest absolute Gasteiger partial charge is 0.0943 e. The van der Waals surface area contributed by atoms with Gasteiger partial charge in [0.15, 0.2) is 0 Å². The van der Waals surface area contributed by atoms with Gasteiger partial charge in [-0.15, -0.1) is 12.4 Å². The molecule has 2 atom stereocenters. The number of hydrogen-bond acceptors (Lipinski definition) is 2. The molecule has 0 unspecified atom stereocenters. The molecule has 1 saturated heterocycles. The summed E-state index contributed by atoms with van der Waals surface area (Å²) in [6.45, 7) is 3.09. The third-order valence-electron chi connectivity index (χ3n) is 2.86. The third-order valence-corrected chi connectivity index (χ3v) is 2.86.